The first-order chi connectivity index (χ1) is 9.61. The number of rotatable bonds is 5. The Morgan fingerprint density at radius 3 is 2.90 bits per heavy atom. The average Bonchev–Trinajstić information content (AvgIpc) is 2.45. The van der Waals surface area contributed by atoms with Crippen LogP contribution in [0.3, 0.4) is 0 Å². The summed E-state index contributed by atoms with van der Waals surface area (Å²) >= 11 is 0. The molecule has 1 atom stereocenters. The molecular formula is C15H18N2O3. The second-order valence-electron chi connectivity index (χ2n) is 4.49. The van der Waals surface area contributed by atoms with Crippen LogP contribution in [0.15, 0.2) is 30.3 Å². The van der Waals surface area contributed by atoms with Gasteiger partial charge in [-0.25, -0.2) is 9.78 Å². The molecule has 1 unspecified atom stereocenters. The van der Waals surface area contributed by atoms with Crippen LogP contribution in [-0.2, 0) is 9.47 Å². The summed E-state index contributed by atoms with van der Waals surface area (Å²) in [4.78, 5) is 16.3. The summed E-state index contributed by atoms with van der Waals surface area (Å²) in [5.74, 6) is -0.491. The van der Waals surface area contributed by atoms with Crippen molar-refractivity contribution >= 4 is 22.6 Å². The number of nitrogens with two attached hydrogens (primary N) is 1. The molecule has 1 heterocycles. The quantitative estimate of drug-likeness (QED) is 0.847. The van der Waals surface area contributed by atoms with Crippen molar-refractivity contribution in [3.63, 3.8) is 0 Å². The zero-order valence-corrected chi connectivity index (χ0v) is 11.6. The van der Waals surface area contributed by atoms with E-state index in [1.807, 2.05) is 31.2 Å². The van der Waals surface area contributed by atoms with E-state index in [4.69, 9.17) is 15.2 Å². The molecule has 0 fully saturated rings. The lowest BCUT2D eigenvalue weighted by Gasteiger charge is -2.13. The number of nitrogen functional groups attached to an aromatic ring is 1. The number of para-hydroxylation sites is 1. The van der Waals surface area contributed by atoms with Crippen LogP contribution in [0.1, 0.15) is 24.3 Å². The molecule has 1 aromatic carbocycles. The number of nitrogens with zero attached hydrogens (tertiary/aromatic N) is 1. The van der Waals surface area contributed by atoms with Gasteiger partial charge in [-0.15, -0.1) is 0 Å². The molecule has 5 heteroatoms. The fourth-order valence-corrected chi connectivity index (χ4v) is 1.87. The molecule has 1 aromatic heterocycles. The van der Waals surface area contributed by atoms with Gasteiger partial charge in [-0.3, -0.25) is 0 Å². The summed E-state index contributed by atoms with van der Waals surface area (Å²) in [6, 6.07) is 8.94. The normalized spacial score (nSPS) is 12.3. The number of hydrogen-bond acceptors (Lipinski definition) is 5. The fourth-order valence-electron chi connectivity index (χ4n) is 1.87. The van der Waals surface area contributed by atoms with E-state index in [1.54, 1.807) is 6.92 Å². The van der Waals surface area contributed by atoms with Crippen molar-refractivity contribution < 1.29 is 14.3 Å². The van der Waals surface area contributed by atoms with Crippen molar-refractivity contribution in [2.75, 3.05) is 18.9 Å². The molecule has 0 aliphatic carbocycles. The van der Waals surface area contributed by atoms with Gasteiger partial charge in [-0.05, 0) is 26.0 Å². The van der Waals surface area contributed by atoms with Gasteiger partial charge in [0.2, 0.25) is 0 Å². The molecule has 0 saturated carbocycles. The lowest BCUT2D eigenvalue weighted by Crippen LogP contribution is -2.21. The highest BCUT2D eigenvalue weighted by Gasteiger charge is 2.15. The fraction of sp³-hybridized carbons (Fsp3) is 0.333. The summed E-state index contributed by atoms with van der Waals surface area (Å²) in [6.45, 7) is 4.62. The summed E-state index contributed by atoms with van der Waals surface area (Å²) in [5, 5.41) is 0.825. The van der Waals surface area contributed by atoms with Crippen LogP contribution in [0.5, 0.6) is 0 Å². The Hall–Kier alpha value is -2.14. The zero-order valence-electron chi connectivity index (χ0n) is 11.6. The van der Waals surface area contributed by atoms with Crippen LogP contribution in [0.4, 0.5) is 5.69 Å². The zero-order chi connectivity index (χ0) is 14.5. The van der Waals surface area contributed by atoms with Gasteiger partial charge < -0.3 is 15.2 Å². The van der Waals surface area contributed by atoms with E-state index in [9.17, 15) is 4.79 Å². The monoisotopic (exact) mass is 274 g/mol. The minimum atomic E-state index is -0.491. The first-order valence-electron chi connectivity index (χ1n) is 6.55. The molecule has 0 aliphatic heterocycles. The second-order valence-corrected chi connectivity index (χ2v) is 4.49. The number of carbonyl (C=O) groups is 1. The summed E-state index contributed by atoms with van der Waals surface area (Å²) in [7, 11) is 0. The van der Waals surface area contributed by atoms with Crippen LogP contribution in [0, 0.1) is 0 Å². The predicted octanol–water partition coefficient (Wildman–Crippen LogP) is 2.40. The lowest BCUT2D eigenvalue weighted by atomic mass is 10.1. The molecular weight excluding hydrogens is 256 g/mol. The summed E-state index contributed by atoms with van der Waals surface area (Å²) < 4.78 is 10.5. The van der Waals surface area contributed by atoms with Gasteiger partial charge in [0.1, 0.15) is 6.10 Å². The van der Waals surface area contributed by atoms with Crippen LogP contribution in [-0.4, -0.2) is 30.3 Å². The Morgan fingerprint density at radius 2 is 2.15 bits per heavy atom. The number of ether oxygens (including phenoxy) is 2. The topological polar surface area (TPSA) is 74.4 Å². The highest BCUT2D eigenvalue weighted by molar-refractivity contribution is 5.96. The van der Waals surface area contributed by atoms with Crippen molar-refractivity contribution in [3.05, 3.63) is 36.0 Å². The Morgan fingerprint density at radius 1 is 1.40 bits per heavy atom. The SMILES string of the molecule is CCOCC(C)OC(=O)c1cc(N)c2ccccc2n1. The maximum atomic E-state index is 12.0. The van der Waals surface area contributed by atoms with Gasteiger partial charge in [0.15, 0.2) is 5.69 Å². The van der Waals surface area contributed by atoms with E-state index in [-0.39, 0.29) is 11.8 Å². The molecule has 0 radical (unpaired) electrons. The van der Waals surface area contributed by atoms with E-state index >= 15 is 0 Å². The van der Waals surface area contributed by atoms with Crippen molar-refractivity contribution in [1.29, 1.82) is 0 Å². The van der Waals surface area contributed by atoms with E-state index in [0.717, 1.165) is 5.39 Å². The van der Waals surface area contributed by atoms with Crippen LogP contribution < -0.4 is 5.73 Å². The highest BCUT2D eigenvalue weighted by atomic mass is 16.6. The molecule has 20 heavy (non-hydrogen) atoms. The van der Waals surface area contributed by atoms with Crippen molar-refractivity contribution in [3.8, 4) is 0 Å². The number of anilines is 1. The molecule has 0 spiro atoms. The first-order valence-corrected chi connectivity index (χ1v) is 6.55. The third-order valence-corrected chi connectivity index (χ3v) is 2.82. The van der Waals surface area contributed by atoms with E-state index in [1.165, 1.54) is 6.07 Å². The van der Waals surface area contributed by atoms with Gasteiger partial charge >= 0.3 is 5.97 Å². The highest BCUT2D eigenvalue weighted by Crippen LogP contribution is 2.20. The second kappa shape index (κ2) is 6.34. The lowest BCUT2D eigenvalue weighted by molar-refractivity contribution is 0.00391. The van der Waals surface area contributed by atoms with Gasteiger partial charge in [0.25, 0.3) is 0 Å². The molecule has 2 N–H and O–H groups in total. The van der Waals surface area contributed by atoms with Crippen molar-refractivity contribution in [2.45, 2.75) is 20.0 Å². The van der Waals surface area contributed by atoms with E-state index < -0.39 is 5.97 Å². The van der Waals surface area contributed by atoms with Gasteiger partial charge in [-0.2, -0.15) is 0 Å². The van der Waals surface area contributed by atoms with E-state index in [0.29, 0.717) is 24.4 Å². The molecule has 2 aromatic rings. The molecule has 0 aliphatic rings. The van der Waals surface area contributed by atoms with E-state index in [2.05, 4.69) is 4.98 Å². The van der Waals surface area contributed by atoms with Crippen molar-refractivity contribution in [2.24, 2.45) is 0 Å². The Balaban J connectivity index is 2.18. The number of aromatic nitrogens is 1. The first kappa shape index (κ1) is 14.3. The largest absolute Gasteiger partial charge is 0.455 e. The molecule has 5 nitrogen and oxygen atoms in total. The molecule has 106 valence electrons. The third kappa shape index (κ3) is 3.24. The Labute approximate surface area is 117 Å². The standard InChI is InChI=1S/C15H18N2O3/c1-3-19-9-10(2)20-15(18)14-8-12(16)11-6-4-5-7-13(11)17-14/h4-8,10H,3,9H2,1-2H3,(H2,16,17). The number of pyridine rings is 1. The Bertz CT molecular complexity index is 613. The number of carbonyl (C=O) groups excluding carboxylic acids is 1. The molecule has 0 bridgehead atoms. The third-order valence-electron chi connectivity index (χ3n) is 2.82. The summed E-state index contributed by atoms with van der Waals surface area (Å²) in [6.07, 6.45) is -0.322. The minimum Gasteiger partial charge on any atom is -0.455 e. The van der Waals surface area contributed by atoms with Crippen molar-refractivity contribution in [1.82, 2.24) is 4.98 Å². The molecule has 0 amide bonds. The number of esters is 1. The predicted molar refractivity (Wildman–Crippen MR) is 77.5 cm³/mol. The maximum absolute atomic E-state index is 12.0. The van der Waals surface area contributed by atoms with Gasteiger partial charge in [-0.1, -0.05) is 18.2 Å². The van der Waals surface area contributed by atoms with Crippen LogP contribution in [0.25, 0.3) is 10.9 Å². The minimum absolute atomic E-state index is 0.213. The summed E-state index contributed by atoms with van der Waals surface area (Å²) in [5.41, 5.74) is 7.34. The van der Waals surface area contributed by atoms with Crippen LogP contribution in [0.2, 0.25) is 0 Å². The smallest absolute Gasteiger partial charge is 0.357 e. The van der Waals surface area contributed by atoms with Gasteiger partial charge in [0.05, 0.1) is 12.1 Å². The number of benzene rings is 1. The average molecular weight is 274 g/mol. The molecule has 0 saturated heterocycles. The molecule has 2 rings (SSSR count). The van der Waals surface area contributed by atoms with Gasteiger partial charge in [0, 0.05) is 17.7 Å². The number of fused-ring (bicyclic) bond motifs is 1. The van der Waals surface area contributed by atoms with Crippen LogP contribution >= 0.6 is 0 Å². The Kier molecular flexibility index (Phi) is 4.53. The number of hydrogen-bond donors (Lipinski definition) is 1. The maximum Gasteiger partial charge on any atom is 0.357 e.